The Hall–Kier alpha value is 0.0995. The van der Waals surface area contributed by atoms with Crippen LogP contribution in [0.1, 0.15) is 22.6 Å². The number of hydrogen-bond acceptors (Lipinski definition) is 1. The fourth-order valence-corrected chi connectivity index (χ4v) is 2.08. The quantitative estimate of drug-likeness (QED) is 0.811. The van der Waals surface area contributed by atoms with Crippen LogP contribution in [0.5, 0.6) is 0 Å². The molecule has 1 aliphatic rings. The molecule has 0 saturated heterocycles. The molecule has 0 aromatic heterocycles. The second kappa shape index (κ2) is 4.09. The molecule has 0 fully saturated rings. The molecule has 0 saturated carbocycles. The van der Waals surface area contributed by atoms with E-state index in [1.54, 1.807) is 0 Å². The summed E-state index contributed by atoms with van der Waals surface area (Å²) in [6.07, 6.45) is 1.91. The minimum absolute atomic E-state index is 0.153. The molecule has 1 unspecified atom stereocenters. The summed E-state index contributed by atoms with van der Waals surface area (Å²) in [7, 11) is 0. The second-order valence-corrected chi connectivity index (χ2v) is 3.93. The van der Waals surface area contributed by atoms with E-state index in [-0.39, 0.29) is 5.92 Å². The second-order valence-electron chi connectivity index (χ2n) is 3.23. The van der Waals surface area contributed by atoms with Crippen LogP contribution in [0.15, 0.2) is 18.2 Å². The SMILES string of the molecule is N#CC1Cc2cc(C[CH]=[Yb])ccc21. The third-order valence-corrected chi connectivity index (χ3v) is 2.80. The Morgan fingerprint density at radius 1 is 1.62 bits per heavy atom. The van der Waals surface area contributed by atoms with Gasteiger partial charge in [0, 0.05) is 0 Å². The van der Waals surface area contributed by atoms with Crippen molar-refractivity contribution in [2.45, 2.75) is 18.8 Å². The van der Waals surface area contributed by atoms with Gasteiger partial charge in [-0.25, -0.2) is 0 Å². The molecule has 0 spiro atoms. The first-order chi connectivity index (χ1) is 6.35. The summed E-state index contributed by atoms with van der Waals surface area (Å²) in [4.78, 5) is 0. The molecule has 1 aromatic rings. The van der Waals surface area contributed by atoms with Crippen molar-refractivity contribution in [2.75, 3.05) is 0 Å². The van der Waals surface area contributed by atoms with Gasteiger partial charge in [0.05, 0.1) is 0 Å². The molecular weight excluding hydrogens is 319 g/mol. The van der Waals surface area contributed by atoms with Gasteiger partial charge in [-0.15, -0.1) is 0 Å². The zero-order chi connectivity index (χ0) is 9.26. The maximum atomic E-state index is 8.74. The maximum absolute atomic E-state index is 8.74. The van der Waals surface area contributed by atoms with Gasteiger partial charge in [-0.2, -0.15) is 0 Å². The van der Waals surface area contributed by atoms with E-state index in [2.05, 4.69) is 68.4 Å². The Morgan fingerprint density at radius 2 is 2.46 bits per heavy atom. The van der Waals surface area contributed by atoms with E-state index in [1.165, 1.54) is 16.7 Å². The van der Waals surface area contributed by atoms with Gasteiger partial charge in [0.15, 0.2) is 0 Å². The molecular formula is C11H9NYb. The normalized spacial score (nSPS) is 18.4. The van der Waals surface area contributed by atoms with Gasteiger partial charge in [0.2, 0.25) is 0 Å². The van der Waals surface area contributed by atoms with Crippen LogP contribution < -0.4 is 0 Å². The summed E-state index contributed by atoms with van der Waals surface area (Å²) >= 11 is 2.98. The zero-order valence-electron chi connectivity index (χ0n) is 7.02. The van der Waals surface area contributed by atoms with Crippen LogP contribution in [0, 0.1) is 55.4 Å². The Balaban J connectivity index is 2.28. The van der Waals surface area contributed by atoms with Gasteiger partial charge in [-0.05, 0) is 0 Å². The van der Waals surface area contributed by atoms with Crippen molar-refractivity contribution >= 4 is 0.737 Å². The van der Waals surface area contributed by atoms with E-state index >= 15 is 0 Å². The number of fused-ring (bicyclic) bond motifs is 1. The van der Waals surface area contributed by atoms with Crippen molar-refractivity contribution in [1.29, 1.82) is 5.26 Å². The molecule has 0 radical (unpaired) electrons. The Labute approximate surface area is 108 Å². The monoisotopic (exact) mass is 329 g/mol. The fraction of sp³-hybridized carbons (Fsp3) is 0.273. The molecule has 72 valence electrons. The number of nitriles is 1. The summed E-state index contributed by atoms with van der Waals surface area (Å²) in [6.45, 7) is 0. The number of rotatable bonds is 2. The van der Waals surface area contributed by atoms with Crippen molar-refractivity contribution in [3.63, 3.8) is 0 Å². The van der Waals surface area contributed by atoms with E-state index in [4.69, 9.17) is 5.26 Å². The van der Waals surface area contributed by atoms with Crippen LogP contribution in [0.3, 0.4) is 0 Å². The molecule has 1 nitrogen and oxygen atoms in total. The molecule has 0 amide bonds. The fourth-order valence-electron chi connectivity index (χ4n) is 1.68. The number of benzene rings is 1. The third-order valence-electron chi connectivity index (χ3n) is 2.45. The van der Waals surface area contributed by atoms with Crippen LogP contribution in [0.25, 0.3) is 0 Å². The summed E-state index contributed by atoms with van der Waals surface area (Å²) in [6, 6.07) is 8.69. The standard InChI is InChI=1S/C11H9N.Yb/c1-2-8-3-4-11-9(5-8)6-10(11)7-12;/h1,3-5,10H,2,6H2;. The molecule has 1 aromatic carbocycles. The molecule has 0 bridgehead atoms. The van der Waals surface area contributed by atoms with E-state index in [0.29, 0.717) is 0 Å². The predicted octanol–water partition coefficient (Wildman–Crippen LogP) is 1.74. The summed E-state index contributed by atoms with van der Waals surface area (Å²) in [5, 5.41) is 8.74. The van der Waals surface area contributed by atoms with E-state index in [1.807, 2.05) is 0.737 Å². The van der Waals surface area contributed by atoms with E-state index in [0.717, 1.165) is 12.8 Å². The van der Waals surface area contributed by atoms with Gasteiger partial charge >= 0.3 is 110 Å². The number of nitrogens with zero attached hydrogens (tertiary/aromatic N) is 1. The Bertz CT molecular complexity index is 390. The first-order valence-corrected chi connectivity index (χ1v) is 5.21. The van der Waals surface area contributed by atoms with Crippen molar-refractivity contribution < 1.29 is 44.1 Å². The molecule has 0 aliphatic heterocycles. The average Bonchev–Trinajstić information content (AvgIpc) is 2.10. The van der Waals surface area contributed by atoms with Crippen LogP contribution in [0.2, 0.25) is 0 Å². The van der Waals surface area contributed by atoms with Gasteiger partial charge in [-0.1, -0.05) is 0 Å². The zero-order valence-corrected chi connectivity index (χ0v) is 8.73. The first-order valence-electron chi connectivity index (χ1n) is 4.22. The van der Waals surface area contributed by atoms with Crippen LogP contribution in [0.4, 0.5) is 0 Å². The third kappa shape index (κ3) is 1.81. The van der Waals surface area contributed by atoms with Crippen molar-refractivity contribution in [2.24, 2.45) is 0 Å². The summed E-state index contributed by atoms with van der Waals surface area (Å²) in [5.74, 6) is 0.153. The van der Waals surface area contributed by atoms with Crippen LogP contribution >= 0.6 is 0 Å². The van der Waals surface area contributed by atoms with Crippen LogP contribution in [-0.2, 0) is 12.8 Å². The van der Waals surface area contributed by atoms with Gasteiger partial charge < -0.3 is 0 Å². The van der Waals surface area contributed by atoms with Gasteiger partial charge in [0.25, 0.3) is 0 Å². The topological polar surface area (TPSA) is 23.8 Å². The van der Waals surface area contributed by atoms with Crippen molar-refractivity contribution in [3.8, 4) is 6.07 Å². The average molecular weight is 328 g/mol. The molecule has 13 heavy (non-hydrogen) atoms. The van der Waals surface area contributed by atoms with Crippen LogP contribution in [-0.4, -0.2) is 0.737 Å². The van der Waals surface area contributed by atoms with Crippen molar-refractivity contribution in [1.82, 2.24) is 0 Å². The molecule has 2 rings (SSSR count). The summed E-state index contributed by atoms with van der Waals surface area (Å²) in [5.41, 5.74) is 3.90. The van der Waals surface area contributed by atoms with Crippen molar-refractivity contribution in [3.05, 3.63) is 34.9 Å². The Kier molecular flexibility index (Phi) is 3.03. The van der Waals surface area contributed by atoms with E-state index < -0.39 is 0 Å². The Morgan fingerprint density at radius 3 is 3.08 bits per heavy atom. The molecule has 1 aliphatic carbocycles. The minimum atomic E-state index is 0.153. The van der Waals surface area contributed by atoms with E-state index in [9.17, 15) is 0 Å². The molecule has 0 N–H and O–H groups in total. The van der Waals surface area contributed by atoms with Gasteiger partial charge in [0.1, 0.15) is 0 Å². The van der Waals surface area contributed by atoms with Gasteiger partial charge in [-0.3, -0.25) is 0 Å². The first kappa shape index (κ1) is 9.65. The molecule has 1 atom stereocenters. The predicted molar refractivity (Wildman–Crippen MR) is 48.3 cm³/mol. The molecule has 0 heterocycles. The molecule has 2 heteroatoms. The number of hydrogen-bond donors (Lipinski definition) is 0. The summed E-state index contributed by atoms with van der Waals surface area (Å²) < 4.78 is 2.02.